The second-order valence-corrected chi connectivity index (χ2v) is 6.09. The van der Waals surface area contributed by atoms with E-state index in [1.54, 1.807) is 12.1 Å². The van der Waals surface area contributed by atoms with Crippen LogP contribution in [0.4, 0.5) is 0 Å². The lowest BCUT2D eigenvalue weighted by atomic mass is 10.1. The largest absolute Gasteiger partial charge is 0.458 e. The van der Waals surface area contributed by atoms with E-state index in [2.05, 4.69) is 4.90 Å². The predicted molar refractivity (Wildman–Crippen MR) is 88.1 cm³/mol. The molecule has 0 spiro atoms. The van der Waals surface area contributed by atoms with Gasteiger partial charge in [-0.25, -0.2) is 4.79 Å². The zero-order valence-corrected chi connectivity index (χ0v) is 13.5. The molecule has 122 valence electrons. The first-order valence-electron chi connectivity index (χ1n) is 7.76. The number of nitrogens with zero attached hydrogens (tertiary/aromatic N) is 1. The van der Waals surface area contributed by atoms with Crippen LogP contribution in [0.25, 0.3) is 11.0 Å². The van der Waals surface area contributed by atoms with E-state index in [1.807, 2.05) is 0 Å². The summed E-state index contributed by atoms with van der Waals surface area (Å²) >= 11 is 5.86. The van der Waals surface area contributed by atoms with Crippen molar-refractivity contribution >= 4 is 28.5 Å². The Kier molecular flexibility index (Phi) is 4.98. The normalized spacial score (nSPS) is 15.7. The van der Waals surface area contributed by atoms with Crippen molar-refractivity contribution in [3.8, 4) is 0 Å². The average Bonchev–Trinajstić information content (AvgIpc) is 2.56. The van der Waals surface area contributed by atoms with Gasteiger partial charge in [-0.3, -0.25) is 9.69 Å². The van der Waals surface area contributed by atoms with Crippen molar-refractivity contribution in [1.29, 1.82) is 0 Å². The Balaban J connectivity index is 1.66. The molecule has 0 atom stereocenters. The molecule has 6 heteroatoms. The van der Waals surface area contributed by atoms with Crippen LogP contribution >= 0.6 is 11.6 Å². The Labute approximate surface area is 138 Å². The van der Waals surface area contributed by atoms with Crippen LogP contribution < -0.4 is 5.43 Å². The van der Waals surface area contributed by atoms with E-state index in [9.17, 15) is 9.59 Å². The number of esters is 1. The number of carbonyl (C=O) groups is 1. The lowest BCUT2D eigenvalue weighted by Gasteiger charge is -2.25. The molecule has 1 aliphatic heterocycles. The number of likely N-dealkylation sites (tertiary alicyclic amines) is 1. The summed E-state index contributed by atoms with van der Waals surface area (Å²) in [6.07, 6.45) is 3.65. The molecule has 0 unspecified atom stereocenters. The molecule has 2 heterocycles. The minimum Gasteiger partial charge on any atom is -0.458 e. The van der Waals surface area contributed by atoms with Crippen LogP contribution in [0.5, 0.6) is 0 Å². The molecular weight excluding hydrogens is 318 g/mol. The van der Waals surface area contributed by atoms with Crippen molar-refractivity contribution in [1.82, 2.24) is 4.90 Å². The molecule has 1 aromatic heterocycles. The summed E-state index contributed by atoms with van der Waals surface area (Å²) in [5.74, 6) is -0.695. The highest BCUT2D eigenvalue weighted by atomic mass is 35.5. The second kappa shape index (κ2) is 7.15. The third-order valence-electron chi connectivity index (χ3n) is 3.98. The Morgan fingerprint density at radius 2 is 2.00 bits per heavy atom. The molecule has 0 aliphatic carbocycles. The summed E-state index contributed by atoms with van der Waals surface area (Å²) in [5, 5.41) is 0.795. The number of hydrogen-bond acceptors (Lipinski definition) is 5. The summed E-state index contributed by atoms with van der Waals surface area (Å²) in [6.45, 7) is 3.09. The first-order valence-corrected chi connectivity index (χ1v) is 8.14. The standard InChI is InChI=1S/C17H18ClNO4/c18-12-4-5-15-13(10-12)14(20)11-16(23-15)17(21)22-9-8-19-6-2-1-3-7-19/h4-5,10-11H,1-3,6-9H2. The number of ether oxygens (including phenoxy) is 1. The van der Waals surface area contributed by atoms with Gasteiger partial charge in [-0.05, 0) is 44.1 Å². The molecule has 1 saturated heterocycles. The minimum absolute atomic E-state index is 0.0801. The highest BCUT2D eigenvalue weighted by Gasteiger charge is 2.15. The number of piperidine rings is 1. The first kappa shape index (κ1) is 16.0. The van der Waals surface area contributed by atoms with E-state index in [-0.39, 0.29) is 11.2 Å². The molecular formula is C17H18ClNO4. The molecule has 0 saturated carbocycles. The van der Waals surface area contributed by atoms with Crippen molar-refractivity contribution in [2.75, 3.05) is 26.2 Å². The van der Waals surface area contributed by atoms with Gasteiger partial charge in [0.05, 0.1) is 5.39 Å². The Bertz CT molecular complexity index is 765. The van der Waals surface area contributed by atoms with Crippen LogP contribution in [-0.2, 0) is 4.74 Å². The van der Waals surface area contributed by atoms with Crippen molar-refractivity contribution in [3.63, 3.8) is 0 Å². The van der Waals surface area contributed by atoms with E-state index < -0.39 is 5.97 Å². The van der Waals surface area contributed by atoms with Crippen LogP contribution in [0, 0.1) is 0 Å². The molecule has 0 N–H and O–H groups in total. The molecule has 1 aromatic carbocycles. The Morgan fingerprint density at radius 1 is 1.22 bits per heavy atom. The summed E-state index contributed by atoms with van der Waals surface area (Å²) in [4.78, 5) is 26.4. The van der Waals surface area contributed by atoms with E-state index >= 15 is 0 Å². The maximum absolute atomic E-state index is 12.0. The molecule has 2 aromatic rings. The second-order valence-electron chi connectivity index (χ2n) is 5.65. The van der Waals surface area contributed by atoms with Gasteiger partial charge in [-0.1, -0.05) is 18.0 Å². The maximum Gasteiger partial charge on any atom is 0.374 e. The zero-order valence-electron chi connectivity index (χ0n) is 12.7. The number of rotatable bonds is 4. The highest BCUT2D eigenvalue weighted by molar-refractivity contribution is 6.31. The van der Waals surface area contributed by atoms with Gasteiger partial charge < -0.3 is 9.15 Å². The third-order valence-corrected chi connectivity index (χ3v) is 4.21. The van der Waals surface area contributed by atoms with Gasteiger partial charge in [0.15, 0.2) is 5.43 Å². The number of fused-ring (bicyclic) bond motifs is 1. The van der Waals surface area contributed by atoms with Crippen LogP contribution in [0.3, 0.4) is 0 Å². The summed E-state index contributed by atoms with van der Waals surface area (Å²) < 4.78 is 10.7. The lowest BCUT2D eigenvalue weighted by molar-refractivity contribution is 0.0417. The number of benzene rings is 1. The Morgan fingerprint density at radius 3 is 2.78 bits per heavy atom. The molecule has 3 rings (SSSR count). The minimum atomic E-state index is -0.615. The fraction of sp³-hybridized carbons (Fsp3) is 0.412. The van der Waals surface area contributed by atoms with Gasteiger partial charge in [-0.15, -0.1) is 0 Å². The molecule has 1 fully saturated rings. The van der Waals surface area contributed by atoms with E-state index in [1.165, 1.54) is 25.3 Å². The maximum atomic E-state index is 12.0. The average molecular weight is 336 g/mol. The third kappa shape index (κ3) is 3.92. The van der Waals surface area contributed by atoms with Gasteiger partial charge in [0.2, 0.25) is 5.76 Å². The summed E-state index contributed by atoms with van der Waals surface area (Å²) in [6, 6.07) is 5.86. The molecule has 0 bridgehead atoms. The predicted octanol–water partition coefficient (Wildman–Crippen LogP) is 3.09. The van der Waals surface area contributed by atoms with Crippen molar-refractivity contribution in [2.45, 2.75) is 19.3 Å². The monoisotopic (exact) mass is 335 g/mol. The molecule has 0 radical (unpaired) electrons. The van der Waals surface area contributed by atoms with Crippen LogP contribution in [-0.4, -0.2) is 37.1 Å². The highest BCUT2D eigenvalue weighted by Crippen LogP contribution is 2.18. The molecule has 1 aliphatic rings. The lowest BCUT2D eigenvalue weighted by Crippen LogP contribution is -2.33. The quantitative estimate of drug-likeness (QED) is 0.803. The first-order chi connectivity index (χ1) is 11.1. The van der Waals surface area contributed by atoms with E-state index in [0.29, 0.717) is 29.1 Å². The topological polar surface area (TPSA) is 59.8 Å². The van der Waals surface area contributed by atoms with Crippen molar-refractivity contribution < 1.29 is 13.9 Å². The van der Waals surface area contributed by atoms with Gasteiger partial charge in [0.25, 0.3) is 0 Å². The molecule has 0 amide bonds. The van der Waals surface area contributed by atoms with Crippen molar-refractivity contribution in [2.24, 2.45) is 0 Å². The van der Waals surface area contributed by atoms with E-state index in [4.69, 9.17) is 20.8 Å². The summed E-state index contributed by atoms with van der Waals surface area (Å²) in [5.41, 5.74) is 0.0154. The Hall–Kier alpha value is -1.85. The summed E-state index contributed by atoms with van der Waals surface area (Å²) in [7, 11) is 0. The fourth-order valence-corrected chi connectivity index (χ4v) is 2.92. The van der Waals surface area contributed by atoms with Crippen LogP contribution in [0.15, 0.2) is 33.5 Å². The zero-order chi connectivity index (χ0) is 16.2. The number of hydrogen-bond donors (Lipinski definition) is 0. The fourth-order valence-electron chi connectivity index (χ4n) is 2.75. The van der Waals surface area contributed by atoms with E-state index in [0.717, 1.165) is 19.2 Å². The van der Waals surface area contributed by atoms with Gasteiger partial charge in [0, 0.05) is 17.6 Å². The van der Waals surface area contributed by atoms with Gasteiger partial charge in [-0.2, -0.15) is 0 Å². The van der Waals surface area contributed by atoms with Crippen LogP contribution in [0.2, 0.25) is 5.02 Å². The molecule has 23 heavy (non-hydrogen) atoms. The number of carbonyl (C=O) groups excluding carboxylic acids is 1. The molecule has 5 nitrogen and oxygen atoms in total. The van der Waals surface area contributed by atoms with Gasteiger partial charge in [0.1, 0.15) is 12.2 Å². The smallest absolute Gasteiger partial charge is 0.374 e. The SMILES string of the molecule is O=C(OCCN1CCCCC1)c1cc(=O)c2cc(Cl)ccc2o1. The van der Waals surface area contributed by atoms with Gasteiger partial charge >= 0.3 is 5.97 Å². The number of halogens is 1. The van der Waals surface area contributed by atoms with Crippen LogP contribution in [0.1, 0.15) is 29.8 Å². The van der Waals surface area contributed by atoms with Crippen molar-refractivity contribution in [3.05, 3.63) is 45.3 Å².